The number of alkyl halides is 1. The van der Waals surface area contributed by atoms with Gasteiger partial charge >= 0.3 is 0 Å². The van der Waals surface area contributed by atoms with Crippen molar-refractivity contribution in [3.63, 3.8) is 0 Å². The molecule has 19 heavy (non-hydrogen) atoms. The van der Waals surface area contributed by atoms with Crippen LogP contribution in [0.2, 0.25) is 0 Å². The summed E-state index contributed by atoms with van der Waals surface area (Å²) in [5, 5.41) is 3.45. The Labute approximate surface area is 122 Å². The van der Waals surface area contributed by atoms with E-state index in [0.717, 1.165) is 18.2 Å². The fourth-order valence-corrected chi connectivity index (χ4v) is 2.90. The van der Waals surface area contributed by atoms with Gasteiger partial charge in [-0.15, -0.1) is 0 Å². The van der Waals surface area contributed by atoms with Gasteiger partial charge in [-0.05, 0) is 37.1 Å². The molecule has 7 heteroatoms. The van der Waals surface area contributed by atoms with Gasteiger partial charge in [-0.1, -0.05) is 15.9 Å². The van der Waals surface area contributed by atoms with Gasteiger partial charge in [-0.2, -0.15) is 0 Å². The Balaban J connectivity index is 2.65. The molecular weight excluding hydrogens is 332 g/mol. The molecule has 1 aromatic rings. The normalized spacial score (nSPS) is 11.3. The van der Waals surface area contributed by atoms with Gasteiger partial charge in [0.15, 0.2) is 0 Å². The summed E-state index contributed by atoms with van der Waals surface area (Å²) in [7, 11) is -3.46. The molecule has 0 aliphatic rings. The lowest BCUT2D eigenvalue weighted by molar-refractivity contribution is -0.114. The maximum Gasteiger partial charge on any atom is 0.240 e. The summed E-state index contributed by atoms with van der Waals surface area (Å²) < 4.78 is 26.4. The number of hydrogen-bond acceptors (Lipinski definition) is 3. The predicted octanol–water partition coefficient (Wildman–Crippen LogP) is 2.10. The van der Waals surface area contributed by atoms with Crippen molar-refractivity contribution in [1.82, 2.24) is 4.72 Å². The highest BCUT2D eigenvalue weighted by atomic mass is 79.9. The van der Waals surface area contributed by atoms with Gasteiger partial charge in [0.2, 0.25) is 15.9 Å². The molecule has 0 saturated carbocycles. The molecule has 0 aromatic heterocycles. The van der Waals surface area contributed by atoms with Crippen molar-refractivity contribution in [2.45, 2.75) is 24.7 Å². The first-order chi connectivity index (χ1) is 8.95. The standard InChI is InChI=1S/C12H17BrN2O3S/c1-10(16)15-11-4-6-12(7-5-11)19(17,18)14-9-3-2-8-13/h4-7,14H,2-3,8-9H2,1H3,(H,15,16). The number of carbonyl (C=O) groups is 1. The van der Waals surface area contributed by atoms with Crippen LogP contribution in [0.5, 0.6) is 0 Å². The minimum atomic E-state index is -3.46. The van der Waals surface area contributed by atoms with Gasteiger partial charge in [0, 0.05) is 24.5 Å². The van der Waals surface area contributed by atoms with Crippen molar-refractivity contribution in [1.29, 1.82) is 0 Å². The van der Waals surface area contributed by atoms with Gasteiger partial charge in [0.1, 0.15) is 0 Å². The zero-order chi connectivity index (χ0) is 14.3. The third kappa shape index (κ3) is 5.71. The summed E-state index contributed by atoms with van der Waals surface area (Å²) in [6.45, 7) is 1.82. The Kier molecular flexibility index (Phi) is 6.47. The van der Waals surface area contributed by atoms with E-state index in [2.05, 4.69) is 26.0 Å². The first kappa shape index (κ1) is 16.1. The zero-order valence-corrected chi connectivity index (χ0v) is 13.1. The Bertz CT molecular complexity index is 514. The molecule has 1 aromatic carbocycles. The number of amides is 1. The second-order valence-corrected chi connectivity index (χ2v) is 6.56. The van der Waals surface area contributed by atoms with Crippen LogP contribution in [0.3, 0.4) is 0 Å². The molecule has 5 nitrogen and oxygen atoms in total. The molecule has 0 aliphatic heterocycles. The van der Waals surface area contributed by atoms with Gasteiger partial charge < -0.3 is 5.32 Å². The number of hydrogen-bond donors (Lipinski definition) is 2. The molecule has 106 valence electrons. The fourth-order valence-electron chi connectivity index (χ4n) is 1.43. The van der Waals surface area contributed by atoms with E-state index >= 15 is 0 Å². The summed E-state index contributed by atoms with van der Waals surface area (Å²) in [5.41, 5.74) is 0.575. The van der Waals surface area contributed by atoms with Crippen molar-refractivity contribution in [3.05, 3.63) is 24.3 Å². The quantitative estimate of drug-likeness (QED) is 0.585. The average Bonchev–Trinajstić information content (AvgIpc) is 2.35. The highest BCUT2D eigenvalue weighted by molar-refractivity contribution is 9.09. The Morgan fingerprint density at radius 3 is 2.37 bits per heavy atom. The smallest absolute Gasteiger partial charge is 0.240 e. The van der Waals surface area contributed by atoms with Crippen molar-refractivity contribution in [2.24, 2.45) is 0 Å². The van der Waals surface area contributed by atoms with Crippen molar-refractivity contribution in [3.8, 4) is 0 Å². The van der Waals surface area contributed by atoms with Crippen LogP contribution in [0.4, 0.5) is 5.69 Å². The Morgan fingerprint density at radius 2 is 1.84 bits per heavy atom. The Morgan fingerprint density at radius 1 is 1.21 bits per heavy atom. The molecule has 0 unspecified atom stereocenters. The lowest BCUT2D eigenvalue weighted by atomic mass is 10.3. The number of halogens is 1. The highest BCUT2D eigenvalue weighted by Gasteiger charge is 2.12. The number of anilines is 1. The lowest BCUT2D eigenvalue weighted by Gasteiger charge is -2.07. The summed E-state index contributed by atoms with van der Waals surface area (Å²) in [4.78, 5) is 11.0. The third-order valence-electron chi connectivity index (χ3n) is 2.34. The fraction of sp³-hybridized carbons (Fsp3) is 0.417. The first-order valence-electron chi connectivity index (χ1n) is 5.89. The topological polar surface area (TPSA) is 75.3 Å². The minimum absolute atomic E-state index is 0.191. The lowest BCUT2D eigenvalue weighted by Crippen LogP contribution is -2.24. The van der Waals surface area contributed by atoms with Crippen molar-refractivity contribution < 1.29 is 13.2 Å². The SMILES string of the molecule is CC(=O)Nc1ccc(S(=O)(=O)NCCCCBr)cc1. The number of carbonyl (C=O) groups excluding carboxylic acids is 1. The van der Waals surface area contributed by atoms with Gasteiger partial charge in [0.05, 0.1) is 4.90 Å². The van der Waals surface area contributed by atoms with E-state index in [1.54, 1.807) is 12.1 Å². The molecule has 0 radical (unpaired) electrons. The molecule has 0 atom stereocenters. The van der Waals surface area contributed by atoms with E-state index in [9.17, 15) is 13.2 Å². The van der Waals surface area contributed by atoms with E-state index in [0.29, 0.717) is 12.2 Å². The van der Waals surface area contributed by atoms with Crippen LogP contribution in [0, 0.1) is 0 Å². The maximum atomic E-state index is 11.9. The van der Waals surface area contributed by atoms with Crippen LogP contribution >= 0.6 is 15.9 Å². The summed E-state index contributed by atoms with van der Waals surface area (Å²) in [6, 6.07) is 6.07. The molecule has 0 aliphatic carbocycles. The predicted molar refractivity (Wildman–Crippen MR) is 79.0 cm³/mol. The molecule has 1 rings (SSSR count). The van der Waals surface area contributed by atoms with E-state index in [1.807, 2.05) is 0 Å². The van der Waals surface area contributed by atoms with E-state index < -0.39 is 10.0 Å². The van der Waals surface area contributed by atoms with E-state index in [-0.39, 0.29) is 10.8 Å². The van der Waals surface area contributed by atoms with E-state index in [4.69, 9.17) is 0 Å². The first-order valence-corrected chi connectivity index (χ1v) is 8.49. The molecule has 0 heterocycles. The van der Waals surface area contributed by atoms with Gasteiger partial charge in [-0.25, -0.2) is 13.1 Å². The molecule has 0 bridgehead atoms. The van der Waals surface area contributed by atoms with Crippen LogP contribution in [0.1, 0.15) is 19.8 Å². The van der Waals surface area contributed by atoms with Crippen LogP contribution < -0.4 is 10.0 Å². The molecule has 0 saturated heterocycles. The zero-order valence-electron chi connectivity index (χ0n) is 10.6. The van der Waals surface area contributed by atoms with Crippen LogP contribution in [0.15, 0.2) is 29.2 Å². The maximum absolute atomic E-state index is 11.9. The van der Waals surface area contributed by atoms with Gasteiger partial charge in [0.25, 0.3) is 0 Å². The number of unbranched alkanes of at least 4 members (excludes halogenated alkanes) is 1. The summed E-state index contributed by atoms with van der Waals surface area (Å²) in [6.07, 6.45) is 1.71. The van der Waals surface area contributed by atoms with E-state index in [1.165, 1.54) is 19.1 Å². The number of benzene rings is 1. The molecular formula is C12H17BrN2O3S. The van der Waals surface area contributed by atoms with Crippen molar-refractivity contribution in [2.75, 3.05) is 17.2 Å². The third-order valence-corrected chi connectivity index (χ3v) is 4.38. The highest BCUT2D eigenvalue weighted by Crippen LogP contribution is 2.13. The second kappa shape index (κ2) is 7.62. The second-order valence-electron chi connectivity index (χ2n) is 4.00. The number of rotatable bonds is 7. The molecule has 0 spiro atoms. The average molecular weight is 349 g/mol. The van der Waals surface area contributed by atoms with Gasteiger partial charge in [-0.3, -0.25) is 4.79 Å². The largest absolute Gasteiger partial charge is 0.326 e. The minimum Gasteiger partial charge on any atom is -0.326 e. The number of sulfonamides is 1. The Hall–Kier alpha value is -0.920. The molecule has 2 N–H and O–H groups in total. The number of nitrogens with one attached hydrogen (secondary N) is 2. The monoisotopic (exact) mass is 348 g/mol. The molecule has 0 fully saturated rings. The van der Waals surface area contributed by atoms with Crippen molar-refractivity contribution >= 4 is 37.5 Å². The van der Waals surface area contributed by atoms with Crippen LogP contribution in [-0.4, -0.2) is 26.2 Å². The summed E-state index contributed by atoms with van der Waals surface area (Å²) in [5.74, 6) is -0.191. The molecule has 1 amide bonds. The van der Waals surface area contributed by atoms with Crippen LogP contribution in [0.25, 0.3) is 0 Å². The summed E-state index contributed by atoms with van der Waals surface area (Å²) >= 11 is 3.29. The van der Waals surface area contributed by atoms with Crippen LogP contribution in [-0.2, 0) is 14.8 Å².